The number of benzene rings is 2. The van der Waals surface area contributed by atoms with Crippen LogP contribution in [0.4, 0.5) is 4.79 Å². The SMILES string of the molecule is CCCCN1C(=O)NC(c2ccc(OC)c(OC)c2)C(c2nc(-c3ccc(OCC)cc3)no2)=C1C. The highest BCUT2D eigenvalue weighted by atomic mass is 16.5. The van der Waals surface area contributed by atoms with E-state index in [0.29, 0.717) is 36.4 Å². The first kappa shape index (κ1) is 25.1. The van der Waals surface area contributed by atoms with Gasteiger partial charge in [0.15, 0.2) is 11.5 Å². The van der Waals surface area contributed by atoms with Gasteiger partial charge >= 0.3 is 6.03 Å². The third-order valence-corrected chi connectivity index (χ3v) is 6.15. The van der Waals surface area contributed by atoms with Crippen LogP contribution >= 0.6 is 0 Å². The van der Waals surface area contributed by atoms with Gasteiger partial charge in [-0.25, -0.2) is 4.79 Å². The lowest BCUT2D eigenvalue weighted by atomic mass is 9.94. The fraction of sp³-hybridized carbons (Fsp3) is 0.370. The van der Waals surface area contributed by atoms with Gasteiger partial charge in [0.1, 0.15) is 5.75 Å². The van der Waals surface area contributed by atoms with E-state index < -0.39 is 6.04 Å². The van der Waals surface area contributed by atoms with Crippen LogP contribution in [0.2, 0.25) is 0 Å². The van der Waals surface area contributed by atoms with Crippen LogP contribution in [0.3, 0.4) is 0 Å². The molecule has 3 aromatic rings. The van der Waals surface area contributed by atoms with Gasteiger partial charge in [-0.05, 0) is 62.2 Å². The molecule has 1 aliphatic rings. The monoisotopic (exact) mass is 492 g/mol. The molecule has 2 heterocycles. The Morgan fingerprint density at radius 1 is 1.06 bits per heavy atom. The zero-order chi connectivity index (χ0) is 25.7. The summed E-state index contributed by atoms with van der Waals surface area (Å²) in [5, 5.41) is 7.35. The Morgan fingerprint density at radius 3 is 2.47 bits per heavy atom. The molecule has 9 nitrogen and oxygen atoms in total. The van der Waals surface area contributed by atoms with Crippen LogP contribution in [0.5, 0.6) is 17.2 Å². The van der Waals surface area contributed by atoms with Crippen molar-refractivity contribution in [3.05, 3.63) is 59.6 Å². The standard InChI is InChI=1S/C27H32N4O5/c1-6-8-15-31-17(3)23(24(28-27(31)32)19-11-14-21(33-4)22(16-19)34-5)26-29-25(30-36-26)18-9-12-20(13-10-18)35-7-2/h9-14,16,24H,6-8,15H2,1-5H3,(H,28,32). The summed E-state index contributed by atoms with van der Waals surface area (Å²) >= 11 is 0. The number of carbonyl (C=O) groups is 1. The maximum absolute atomic E-state index is 13.1. The first-order valence-electron chi connectivity index (χ1n) is 12.1. The van der Waals surface area contributed by atoms with Gasteiger partial charge in [0.05, 0.1) is 32.4 Å². The molecule has 0 radical (unpaired) electrons. The van der Waals surface area contributed by atoms with E-state index in [0.717, 1.165) is 41.0 Å². The first-order chi connectivity index (χ1) is 17.5. The lowest BCUT2D eigenvalue weighted by Crippen LogP contribution is -2.46. The van der Waals surface area contributed by atoms with Gasteiger partial charge < -0.3 is 24.1 Å². The lowest BCUT2D eigenvalue weighted by molar-refractivity contribution is 0.204. The third-order valence-electron chi connectivity index (χ3n) is 6.15. The summed E-state index contributed by atoms with van der Waals surface area (Å²) in [6.07, 6.45) is 1.84. The minimum Gasteiger partial charge on any atom is -0.494 e. The molecule has 1 aromatic heterocycles. The largest absolute Gasteiger partial charge is 0.494 e. The number of allylic oxidation sites excluding steroid dienone is 1. The van der Waals surface area contributed by atoms with Crippen molar-refractivity contribution in [3.63, 3.8) is 0 Å². The second-order valence-electron chi connectivity index (χ2n) is 8.38. The molecular weight excluding hydrogens is 460 g/mol. The zero-order valence-corrected chi connectivity index (χ0v) is 21.3. The Balaban J connectivity index is 1.77. The summed E-state index contributed by atoms with van der Waals surface area (Å²) in [4.78, 5) is 19.6. The number of hydrogen-bond donors (Lipinski definition) is 1. The number of hydrogen-bond acceptors (Lipinski definition) is 7. The molecule has 36 heavy (non-hydrogen) atoms. The van der Waals surface area contributed by atoms with Gasteiger partial charge in [-0.1, -0.05) is 24.6 Å². The van der Waals surface area contributed by atoms with Crippen molar-refractivity contribution >= 4 is 11.6 Å². The quantitative estimate of drug-likeness (QED) is 0.402. The molecule has 4 rings (SSSR count). The van der Waals surface area contributed by atoms with Gasteiger partial charge in [0.25, 0.3) is 5.89 Å². The Kier molecular flexibility index (Phi) is 7.77. The van der Waals surface area contributed by atoms with E-state index in [1.165, 1.54) is 0 Å². The topological polar surface area (TPSA) is 99.0 Å². The van der Waals surface area contributed by atoms with Crippen LogP contribution in [0.15, 0.2) is 52.7 Å². The van der Waals surface area contributed by atoms with E-state index in [-0.39, 0.29) is 6.03 Å². The number of nitrogens with zero attached hydrogens (tertiary/aromatic N) is 3. The Hall–Kier alpha value is -4.01. The molecule has 1 N–H and O–H groups in total. The molecule has 0 saturated heterocycles. The summed E-state index contributed by atoms with van der Waals surface area (Å²) in [7, 11) is 3.17. The molecule has 0 aliphatic carbocycles. The number of rotatable bonds is 10. The smallest absolute Gasteiger partial charge is 0.322 e. The molecule has 0 bridgehead atoms. The van der Waals surface area contributed by atoms with Crippen molar-refractivity contribution in [2.45, 2.75) is 39.7 Å². The van der Waals surface area contributed by atoms with Crippen molar-refractivity contribution in [2.24, 2.45) is 0 Å². The number of carbonyl (C=O) groups excluding carboxylic acids is 1. The highest BCUT2D eigenvalue weighted by Gasteiger charge is 2.36. The first-order valence-corrected chi connectivity index (χ1v) is 12.1. The number of aromatic nitrogens is 2. The Labute approximate surface area is 211 Å². The van der Waals surface area contributed by atoms with Crippen LogP contribution in [0.1, 0.15) is 51.1 Å². The maximum atomic E-state index is 13.1. The minimum absolute atomic E-state index is 0.171. The van der Waals surface area contributed by atoms with Crippen LogP contribution in [0.25, 0.3) is 17.0 Å². The van der Waals surface area contributed by atoms with Crippen molar-refractivity contribution in [3.8, 4) is 28.6 Å². The van der Waals surface area contributed by atoms with Gasteiger partial charge in [0, 0.05) is 17.8 Å². The number of ether oxygens (including phenoxy) is 3. The maximum Gasteiger partial charge on any atom is 0.322 e. The molecule has 0 fully saturated rings. The number of methoxy groups -OCH3 is 2. The van der Waals surface area contributed by atoms with Gasteiger partial charge in [-0.3, -0.25) is 4.90 Å². The second kappa shape index (κ2) is 11.2. The van der Waals surface area contributed by atoms with E-state index in [2.05, 4.69) is 17.4 Å². The van der Waals surface area contributed by atoms with Crippen LogP contribution < -0.4 is 19.5 Å². The van der Waals surface area contributed by atoms with Gasteiger partial charge in [-0.2, -0.15) is 4.98 Å². The zero-order valence-electron chi connectivity index (χ0n) is 21.3. The normalized spacial score (nSPS) is 15.6. The summed E-state index contributed by atoms with van der Waals surface area (Å²) in [5.74, 6) is 2.74. The molecule has 1 atom stereocenters. The summed E-state index contributed by atoms with van der Waals surface area (Å²) in [5.41, 5.74) is 3.12. The predicted molar refractivity (Wildman–Crippen MR) is 136 cm³/mol. The van der Waals surface area contributed by atoms with Gasteiger partial charge in [0.2, 0.25) is 5.82 Å². The highest BCUT2D eigenvalue weighted by Crippen LogP contribution is 2.40. The van der Waals surface area contributed by atoms with E-state index in [1.807, 2.05) is 56.3 Å². The van der Waals surface area contributed by atoms with E-state index in [9.17, 15) is 4.79 Å². The van der Waals surface area contributed by atoms with Crippen molar-refractivity contribution in [1.82, 2.24) is 20.4 Å². The van der Waals surface area contributed by atoms with E-state index in [4.69, 9.17) is 23.7 Å². The molecule has 0 saturated carbocycles. The molecule has 190 valence electrons. The number of amides is 2. The highest BCUT2D eigenvalue weighted by molar-refractivity contribution is 5.87. The van der Waals surface area contributed by atoms with E-state index >= 15 is 0 Å². The summed E-state index contributed by atoms with van der Waals surface area (Å²) < 4.78 is 22.2. The summed E-state index contributed by atoms with van der Waals surface area (Å²) in [6, 6.07) is 12.4. The minimum atomic E-state index is -0.510. The second-order valence-corrected chi connectivity index (χ2v) is 8.38. The molecule has 9 heteroatoms. The van der Waals surface area contributed by atoms with Crippen molar-refractivity contribution < 1.29 is 23.5 Å². The van der Waals surface area contributed by atoms with Crippen molar-refractivity contribution in [2.75, 3.05) is 27.4 Å². The fourth-order valence-electron chi connectivity index (χ4n) is 4.24. The lowest BCUT2D eigenvalue weighted by Gasteiger charge is -2.35. The Bertz CT molecular complexity index is 1240. The molecule has 2 aromatic carbocycles. The third kappa shape index (κ3) is 5.00. The molecule has 1 aliphatic heterocycles. The van der Waals surface area contributed by atoms with Crippen molar-refractivity contribution in [1.29, 1.82) is 0 Å². The fourth-order valence-corrected chi connectivity index (χ4v) is 4.24. The number of unbranched alkanes of at least 4 members (excludes halogenated alkanes) is 1. The van der Waals surface area contributed by atoms with Crippen LogP contribution in [0, 0.1) is 0 Å². The van der Waals surface area contributed by atoms with Gasteiger partial charge in [-0.15, -0.1) is 0 Å². The summed E-state index contributed by atoms with van der Waals surface area (Å²) in [6.45, 7) is 7.14. The number of nitrogens with one attached hydrogen (secondary N) is 1. The predicted octanol–water partition coefficient (Wildman–Crippen LogP) is 5.45. The molecule has 0 spiro atoms. The van der Waals surface area contributed by atoms with E-state index in [1.54, 1.807) is 19.1 Å². The van der Waals surface area contributed by atoms with Crippen LogP contribution in [-0.4, -0.2) is 48.4 Å². The molecular formula is C27H32N4O5. The average molecular weight is 493 g/mol. The van der Waals surface area contributed by atoms with Crippen LogP contribution in [-0.2, 0) is 0 Å². The average Bonchev–Trinajstić information content (AvgIpc) is 3.38. The molecule has 1 unspecified atom stereocenters. The molecule has 2 amide bonds. The Morgan fingerprint density at radius 2 is 1.81 bits per heavy atom. The number of urea groups is 1.